The summed E-state index contributed by atoms with van der Waals surface area (Å²) in [6.07, 6.45) is 9.89. The molecule has 144 valence electrons. The van der Waals surface area contributed by atoms with Crippen molar-refractivity contribution < 1.29 is 17.9 Å². The van der Waals surface area contributed by atoms with E-state index in [1.165, 1.54) is 46.2 Å². The van der Waals surface area contributed by atoms with E-state index in [9.17, 15) is 13.2 Å². The highest BCUT2D eigenvalue weighted by molar-refractivity contribution is 7.89. The van der Waals surface area contributed by atoms with Crippen LogP contribution < -0.4 is 10.1 Å². The third-order valence-electron chi connectivity index (χ3n) is 4.58. The van der Waals surface area contributed by atoms with Gasteiger partial charge in [-0.3, -0.25) is 4.79 Å². The molecular weight excluding hydrogens is 352 g/mol. The van der Waals surface area contributed by atoms with Crippen LogP contribution in [0.3, 0.4) is 0 Å². The van der Waals surface area contributed by atoms with Crippen molar-refractivity contribution in [2.75, 3.05) is 21.2 Å². The summed E-state index contributed by atoms with van der Waals surface area (Å²) in [6, 6.07) is 5.07. The lowest BCUT2D eigenvalue weighted by Gasteiger charge is -2.15. The Kier molecular flexibility index (Phi) is 7.23. The fourth-order valence-corrected chi connectivity index (χ4v) is 4.12. The molecule has 0 spiro atoms. The van der Waals surface area contributed by atoms with Crippen molar-refractivity contribution in [1.29, 1.82) is 0 Å². The van der Waals surface area contributed by atoms with Gasteiger partial charge in [-0.05, 0) is 36.6 Å². The van der Waals surface area contributed by atoms with Gasteiger partial charge in [-0.2, -0.15) is 0 Å². The van der Waals surface area contributed by atoms with E-state index in [0.717, 1.165) is 30.0 Å². The van der Waals surface area contributed by atoms with Crippen LogP contribution in [-0.2, 0) is 14.8 Å². The van der Waals surface area contributed by atoms with E-state index in [4.69, 9.17) is 4.74 Å². The van der Waals surface area contributed by atoms with Crippen LogP contribution in [0.4, 0.5) is 0 Å². The molecule has 1 aliphatic carbocycles. The molecule has 1 saturated carbocycles. The summed E-state index contributed by atoms with van der Waals surface area (Å²) in [4.78, 5) is 12.2. The van der Waals surface area contributed by atoms with Gasteiger partial charge >= 0.3 is 0 Å². The van der Waals surface area contributed by atoms with Crippen LogP contribution in [0.2, 0.25) is 0 Å². The Hall–Kier alpha value is -1.86. The van der Waals surface area contributed by atoms with Crippen molar-refractivity contribution in [2.45, 2.75) is 49.5 Å². The van der Waals surface area contributed by atoms with E-state index in [2.05, 4.69) is 5.32 Å². The third-order valence-corrected chi connectivity index (χ3v) is 6.41. The molecule has 0 aromatic heterocycles. The van der Waals surface area contributed by atoms with Crippen molar-refractivity contribution in [3.8, 4) is 5.75 Å². The predicted octanol–water partition coefficient (Wildman–Crippen LogP) is 2.80. The van der Waals surface area contributed by atoms with Gasteiger partial charge in [0.15, 0.2) is 0 Å². The second-order valence-electron chi connectivity index (χ2n) is 6.73. The van der Waals surface area contributed by atoms with E-state index >= 15 is 0 Å². The van der Waals surface area contributed by atoms with Gasteiger partial charge in [0.25, 0.3) is 0 Å². The monoisotopic (exact) mass is 380 g/mol. The Labute approximate surface area is 156 Å². The summed E-state index contributed by atoms with van der Waals surface area (Å²) in [6.45, 7) is 0. The van der Waals surface area contributed by atoms with Gasteiger partial charge in [0.05, 0.1) is 7.11 Å². The molecule has 2 rings (SSSR count). The summed E-state index contributed by atoms with van der Waals surface area (Å²) in [5.41, 5.74) is 0.627. The average Bonchev–Trinajstić information content (AvgIpc) is 2.88. The van der Waals surface area contributed by atoms with Crippen molar-refractivity contribution in [3.05, 3.63) is 29.8 Å². The number of hydrogen-bond donors (Lipinski definition) is 1. The third kappa shape index (κ3) is 5.32. The number of carbonyl (C=O) groups is 1. The zero-order valence-corrected chi connectivity index (χ0v) is 16.5. The molecule has 0 atom stereocenters. The first-order valence-corrected chi connectivity index (χ1v) is 10.4. The summed E-state index contributed by atoms with van der Waals surface area (Å²) in [7, 11) is 0.736. The molecule has 1 aromatic carbocycles. The van der Waals surface area contributed by atoms with Gasteiger partial charge in [0.1, 0.15) is 10.6 Å². The number of amides is 1. The Morgan fingerprint density at radius 1 is 1.19 bits per heavy atom. The first kappa shape index (κ1) is 20.5. The summed E-state index contributed by atoms with van der Waals surface area (Å²) < 4.78 is 31.2. The standard InChI is InChI=1S/C19H28N2O4S/c1-21(2)26(23,24)18-14-15(10-12-17(18)25-3)11-13-19(22)20-16-8-6-4-5-7-9-16/h10-14,16H,4-9H2,1-3H3,(H,20,22)/b13-11+. The van der Waals surface area contributed by atoms with Gasteiger partial charge in [-0.15, -0.1) is 0 Å². The molecule has 0 unspecified atom stereocenters. The number of ether oxygens (including phenoxy) is 1. The molecule has 0 saturated heterocycles. The molecule has 0 heterocycles. The zero-order valence-electron chi connectivity index (χ0n) is 15.7. The molecule has 0 radical (unpaired) electrons. The van der Waals surface area contributed by atoms with Crippen LogP contribution in [0.1, 0.15) is 44.1 Å². The smallest absolute Gasteiger partial charge is 0.246 e. The second kappa shape index (κ2) is 9.19. The van der Waals surface area contributed by atoms with Crippen LogP contribution in [0.25, 0.3) is 6.08 Å². The number of benzene rings is 1. The fraction of sp³-hybridized carbons (Fsp3) is 0.526. The Morgan fingerprint density at radius 2 is 1.85 bits per heavy atom. The van der Waals surface area contributed by atoms with E-state index in [-0.39, 0.29) is 22.6 Å². The highest BCUT2D eigenvalue weighted by Gasteiger charge is 2.22. The van der Waals surface area contributed by atoms with Crippen molar-refractivity contribution >= 4 is 22.0 Å². The van der Waals surface area contributed by atoms with E-state index in [1.54, 1.807) is 18.2 Å². The minimum Gasteiger partial charge on any atom is -0.495 e. The lowest BCUT2D eigenvalue weighted by atomic mass is 10.1. The van der Waals surface area contributed by atoms with Crippen LogP contribution in [0, 0.1) is 0 Å². The van der Waals surface area contributed by atoms with Crippen molar-refractivity contribution in [3.63, 3.8) is 0 Å². The van der Waals surface area contributed by atoms with E-state index in [0.29, 0.717) is 5.56 Å². The number of carbonyl (C=O) groups excluding carboxylic acids is 1. The maximum Gasteiger partial charge on any atom is 0.246 e. The van der Waals surface area contributed by atoms with Gasteiger partial charge in [0, 0.05) is 26.2 Å². The van der Waals surface area contributed by atoms with E-state index < -0.39 is 10.0 Å². The summed E-state index contributed by atoms with van der Waals surface area (Å²) in [5, 5.41) is 3.04. The number of methoxy groups -OCH3 is 1. The minimum atomic E-state index is -3.63. The SMILES string of the molecule is COc1ccc(/C=C/C(=O)NC2CCCCCC2)cc1S(=O)(=O)N(C)C. The predicted molar refractivity (Wildman–Crippen MR) is 103 cm³/mol. The molecule has 26 heavy (non-hydrogen) atoms. The Bertz CT molecular complexity index is 749. The lowest BCUT2D eigenvalue weighted by molar-refractivity contribution is -0.117. The highest BCUT2D eigenvalue weighted by Crippen LogP contribution is 2.27. The Balaban J connectivity index is 2.13. The first-order chi connectivity index (χ1) is 12.3. The quantitative estimate of drug-likeness (QED) is 0.608. The normalized spacial score (nSPS) is 16.6. The number of nitrogens with zero attached hydrogens (tertiary/aromatic N) is 1. The number of nitrogens with one attached hydrogen (secondary N) is 1. The molecule has 1 N–H and O–H groups in total. The zero-order chi connectivity index (χ0) is 19.2. The largest absolute Gasteiger partial charge is 0.495 e. The van der Waals surface area contributed by atoms with Gasteiger partial charge in [-0.25, -0.2) is 12.7 Å². The summed E-state index contributed by atoms with van der Waals surface area (Å²) in [5.74, 6) is 0.128. The molecular formula is C19H28N2O4S. The van der Waals surface area contributed by atoms with Crippen molar-refractivity contribution in [1.82, 2.24) is 9.62 Å². The van der Waals surface area contributed by atoms with Crippen molar-refractivity contribution in [2.24, 2.45) is 0 Å². The van der Waals surface area contributed by atoms with Gasteiger partial charge in [-0.1, -0.05) is 31.7 Å². The number of hydrogen-bond acceptors (Lipinski definition) is 4. The molecule has 0 bridgehead atoms. The van der Waals surface area contributed by atoms with Crippen LogP contribution in [-0.4, -0.2) is 45.9 Å². The number of sulfonamides is 1. The maximum atomic E-state index is 12.4. The first-order valence-electron chi connectivity index (χ1n) is 8.93. The molecule has 1 aliphatic rings. The molecule has 6 nitrogen and oxygen atoms in total. The van der Waals surface area contributed by atoms with Crippen LogP contribution >= 0.6 is 0 Å². The number of rotatable bonds is 6. The molecule has 7 heteroatoms. The lowest BCUT2D eigenvalue weighted by Crippen LogP contribution is -2.33. The van der Waals surface area contributed by atoms with Crippen LogP contribution in [0.5, 0.6) is 5.75 Å². The topological polar surface area (TPSA) is 75.7 Å². The fourth-order valence-electron chi connectivity index (χ4n) is 3.04. The minimum absolute atomic E-state index is 0.0799. The molecule has 0 aliphatic heterocycles. The van der Waals surface area contributed by atoms with Gasteiger partial charge < -0.3 is 10.1 Å². The van der Waals surface area contributed by atoms with Crippen LogP contribution in [0.15, 0.2) is 29.2 Å². The summed E-state index contributed by atoms with van der Waals surface area (Å²) >= 11 is 0. The molecule has 1 aromatic rings. The van der Waals surface area contributed by atoms with Gasteiger partial charge in [0.2, 0.25) is 15.9 Å². The maximum absolute atomic E-state index is 12.4. The highest BCUT2D eigenvalue weighted by atomic mass is 32.2. The Morgan fingerprint density at radius 3 is 2.42 bits per heavy atom. The second-order valence-corrected chi connectivity index (χ2v) is 8.85. The van der Waals surface area contributed by atoms with E-state index in [1.807, 2.05) is 0 Å². The average molecular weight is 381 g/mol. The molecule has 1 amide bonds. The molecule has 1 fully saturated rings.